The summed E-state index contributed by atoms with van der Waals surface area (Å²) >= 11 is 0. The van der Waals surface area contributed by atoms with Crippen molar-refractivity contribution in [2.75, 3.05) is 12.9 Å². The molecule has 1 rings (SSSR count). The second-order valence-corrected chi connectivity index (χ2v) is 4.87. The van der Waals surface area contributed by atoms with E-state index in [1.165, 1.54) is 7.11 Å². The van der Waals surface area contributed by atoms with Crippen molar-refractivity contribution in [3.8, 4) is 0 Å². The Balaban J connectivity index is 2.37. The molecule has 0 radical (unpaired) electrons. The zero-order valence-electron chi connectivity index (χ0n) is 8.14. The smallest absolute Gasteiger partial charge is 0.267 e. The quantitative estimate of drug-likeness (QED) is 0.699. The fourth-order valence-corrected chi connectivity index (χ4v) is 1.85. The molecule has 0 aliphatic carbocycles. The van der Waals surface area contributed by atoms with Crippen LogP contribution in [0.4, 0.5) is 0 Å². The van der Waals surface area contributed by atoms with E-state index in [-0.39, 0.29) is 5.75 Å². The SMILES string of the molecule is COS(=O)(=O)CCCc1ccccc1. The van der Waals surface area contributed by atoms with Gasteiger partial charge in [-0.05, 0) is 18.4 Å². The highest BCUT2D eigenvalue weighted by Crippen LogP contribution is 2.04. The van der Waals surface area contributed by atoms with E-state index in [9.17, 15) is 8.42 Å². The molecular weight excluding hydrogens is 200 g/mol. The average Bonchev–Trinajstić information content (AvgIpc) is 2.19. The molecule has 0 aliphatic heterocycles. The van der Waals surface area contributed by atoms with Crippen LogP contribution in [-0.4, -0.2) is 21.3 Å². The molecule has 0 bridgehead atoms. The maximum Gasteiger partial charge on any atom is 0.267 e. The van der Waals surface area contributed by atoms with E-state index in [0.717, 1.165) is 12.0 Å². The Labute approximate surface area is 84.8 Å². The minimum atomic E-state index is -3.29. The predicted octanol–water partition coefficient (Wildman–Crippen LogP) is 1.60. The number of aryl methyl sites for hydroxylation is 1. The van der Waals surface area contributed by atoms with Crippen LogP contribution in [0.5, 0.6) is 0 Å². The molecule has 14 heavy (non-hydrogen) atoms. The van der Waals surface area contributed by atoms with Gasteiger partial charge >= 0.3 is 0 Å². The maximum atomic E-state index is 11.0. The first-order valence-electron chi connectivity index (χ1n) is 4.46. The summed E-state index contributed by atoms with van der Waals surface area (Å²) in [5.74, 6) is 0.0817. The van der Waals surface area contributed by atoms with Gasteiger partial charge in [-0.3, -0.25) is 4.18 Å². The summed E-state index contributed by atoms with van der Waals surface area (Å²) in [6.45, 7) is 0. The molecule has 1 aromatic carbocycles. The van der Waals surface area contributed by atoms with Crippen molar-refractivity contribution < 1.29 is 12.6 Å². The van der Waals surface area contributed by atoms with E-state index >= 15 is 0 Å². The molecule has 0 aromatic heterocycles. The van der Waals surface area contributed by atoms with Crippen molar-refractivity contribution in [3.05, 3.63) is 35.9 Å². The Morgan fingerprint density at radius 1 is 1.21 bits per heavy atom. The lowest BCUT2D eigenvalue weighted by Crippen LogP contribution is -2.08. The molecule has 0 spiro atoms. The van der Waals surface area contributed by atoms with Crippen LogP contribution in [0.25, 0.3) is 0 Å². The van der Waals surface area contributed by atoms with Crippen LogP contribution in [0.1, 0.15) is 12.0 Å². The maximum absolute atomic E-state index is 11.0. The van der Waals surface area contributed by atoms with Crippen LogP contribution in [0, 0.1) is 0 Å². The third kappa shape index (κ3) is 3.89. The van der Waals surface area contributed by atoms with E-state index in [1.54, 1.807) is 0 Å². The molecule has 0 saturated carbocycles. The van der Waals surface area contributed by atoms with E-state index in [0.29, 0.717) is 6.42 Å². The van der Waals surface area contributed by atoms with E-state index in [4.69, 9.17) is 0 Å². The molecule has 0 unspecified atom stereocenters. The van der Waals surface area contributed by atoms with Gasteiger partial charge in [-0.25, -0.2) is 0 Å². The third-order valence-electron chi connectivity index (χ3n) is 1.96. The minimum absolute atomic E-state index is 0.0817. The number of hydrogen-bond donors (Lipinski definition) is 0. The highest BCUT2D eigenvalue weighted by Gasteiger charge is 2.07. The lowest BCUT2D eigenvalue weighted by atomic mass is 10.1. The van der Waals surface area contributed by atoms with Crippen LogP contribution in [0.15, 0.2) is 30.3 Å². The van der Waals surface area contributed by atoms with E-state index < -0.39 is 10.1 Å². The molecule has 78 valence electrons. The lowest BCUT2D eigenvalue weighted by molar-refractivity contribution is 0.397. The first kappa shape index (κ1) is 11.2. The standard InChI is InChI=1S/C10H14O3S/c1-13-14(11,12)9-5-8-10-6-3-2-4-7-10/h2-4,6-7H,5,8-9H2,1H3. The Bertz CT molecular complexity index is 356. The summed E-state index contributed by atoms with van der Waals surface area (Å²) < 4.78 is 26.3. The van der Waals surface area contributed by atoms with Gasteiger partial charge in [-0.15, -0.1) is 0 Å². The van der Waals surface area contributed by atoms with Crippen LogP contribution in [0.3, 0.4) is 0 Å². The molecule has 0 fully saturated rings. The molecule has 0 heterocycles. The Morgan fingerprint density at radius 2 is 1.86 bits per heavy atom. The first-order valence-corrected chi connectivity index (χ1v) is 6.04. The van der Waals surface area contributed by atoms with Gasteiger partial charge < -0.3 is 0 Å². The average molecular weight is 214 g/mol. The number of hydrogen-bond acceptors (Lipinski definition) is 3. The summed E-state index contributed by atoms with van der Waals surface area (Å²) in [5.41, 5.74) is 1.15. The van der Waals surface area contributed by atoms with Gasteiger partial charge in [-0.2, -0.15) is 8.42 Å². The summed E-state index contributed by atoms with van der Waals surface area (Å²) in [6.07, 6.45) is 1.36. The first-order chi connectivity index (χ1) is 6.64. The van der Waals surface area contributed by atoms with Gasteiger partial charge in [0.1, 0.15) is 0 Å². The largest absolute Gasteiger partial charge is 0.273 e. The van der Waals surface area contributed by atoms with Gasteiger partial charge in [-0.1, -0.05) is 30.3 Å². The van der Waals surface area contributed by atoms with Crippen molar-refractivity contribution >= 4 is 10.1 Å². The second kappa shape index (κ2) is 5.12. The van der Waals surface area contributed by atoms with Gasteiger partial charge in [0.25, 0.3) is 10.1 Å². The van der Waals surface area contributed by atoms with Crippen molar-refractivity contribution in [2.24, 2.45) is 0 Å². The Morgan fingerprint density at radius 3 is 2.43 bits per heavy atom. The van der Waals surface area contributed by atoms with Crippen LogP contribution >= 0.6 is 0 Å². The zero-order valence-corrected chi connectivity index (χ0v) is 8.96. The summed E-state index contributed by atoms with van der Waals surface area (Å²) in [6, 6.07) is 9.80. The number of benzene rings is 1. The fourth-order valence-electron chi connectivity index (χ4n) is 1.18. The second-order valence-electron chi connectivity index (χ2n) is 3.02. The highest BCUT2D eigenvalue weighted by atomic mass is 32.2. The summed E-state index contributed by atoms with van der Waals surface area (Å²) in [5, 5.41) is 0. The normalized spacial score (nSPS) is 11.5. The topological polar surface area (TPSA) is 43.4 Å². The van der Waals surface area contributed by atoms with E-state index in [2.05, 4.69) is 4.18 Å². The van der Waals surface area contributed by atoms with Crippen LogP contribution < -0.4 is 0 Å². The lowest BCUT2D eigenvalue weighted by Gasteiger charge is -2.01. The number of rotatable bonds is 5. The Kier molecular flexibility index (Phi) is 4.10. The molecule has 0 N–H and O–H groups in total. The molecule has 1 aromatic rings. The molecule has 0 amide bonds. The zero-order chi connectivity index (χ0) is 10.4. The molecule has 0 aliphatic rings. The fraction of sp³-hybridized carbons (Fsp3) is 0.400. The monoisotopic (exact) mass is 214 g/mol. The van der Waals surface area contributed by atoms with Crippen molar-refractivity contribution in [1.82, 2.24) is 0 Å². The van der Waals surface area contributed by atoms with Gasteiger partial charge in [0.05, 0.1) is 12.9 Å². The summed E-state index contributed by atoms with van der Waals surface area (Å²) in [4.78, 5) is 0. The molecule has 4 heteroatoms. The highest BCUT2D eigenvalue weighted by molar-refractivity contribution is 7.86. The Hall–Kier alpha value is -0.870. The third-order valence-corrected chi connectivity index (χ3v) is 3.25. The van der Waals surface area contributed by atoms with Gasteiger partial charge in [0.15, 0.2) is 0 Å². The van der Waals surface area contributed by atoms with Crippen molar-refractivity contribution in [3.63, 3.8) is 0 Å². The predicted molar refractivity (Wildman–Crippen MR) is 55.6 cm³/mol. The van der Waals surface area contributed by atoms with Gasteiger partial charge in [0, 0.05) is 0 Å². The van der Waals surface area contributed by atoms with Crippen molar-refractivity contribution in [1.29, 1.82) is 0 Å². The van der Waals surface area contributed by atoms with Crippen LogP contribution in [0.2, 0.25) is 0 Å². The van der Waals surface area contributed by atoms with Crippen molar-refractivity contribution in [2.45, 2.75) is 12.8 Å². The van der Waals surface area contributed by atoms with E-state index in [1.807, 2.05) is 30.3 Å². The molecule has 0 atom stereocenters. The van der Waals surface area contributed by atoms with Crippen LogP contribution in [-0.2, 0) is 20.7 Å². The molecule has 0 saturated heterocycles. The van der Waals surface area contributed by atoms with Gasteiger partial charge in [0.2, 0.25) is 0 Å². The molecular formula is C10H14O3S. The summed E-state index contributed by atoms with van der Waals surface area (Å²) in [7, 11) is -2.10. The minimum Gasteiger partial charge on any atom is -0.273 e. The molecule has 3 nitrogen and oxygen atoms in total.